The quantitative estimate of drug-likeness (QED) is 0.900. The van der Waals surface area contributed by atoms with E-state index in [1.807, 2.05) is 18.2 Å². The predicted octanol–water partition coefficient (Wildman–Crippen LogP) is 1.51. The van der Waals surface area contributed by atoms with Gasteiger partial charge >= 0.3 is 0 Å². The van der Waals surface area contributed by atoms with Crippen molar-refractivity contribution in [3.63, 3.8) is 0 Å². The van der Waals surface area contributed by atoms with Gasteiger partial charge in [0.15, 0.2) is 0 Å². The van der Waals surface area contributed by atoms with Gasteiger partial charge in [0.1, 0.15) is 6.33 Å². The van der Waals surface area contributed by atoms with Gasteiger partial charge < -0.3 is 10.2 Å². The third kappa shape index (κ3) is 3.79. The van der Waals surface area contributed by atoms with E-state index in [0.29, 0.717) is 29.8 Å². The second-order valence-corrected chi connectivity index (χ2v) is 6.58. The number of nitrogens with zero attached hydrogens (tertiary/aromatic N) is 5. The Balaban J connectivity index is 1.64. The molecule has 1 saturated heterocycles. The van der Waals surface area contributed by atoms with Crippen LogP contribution in [0.2, 0.25) is 0 Å². The van der Waals surface area contributed by atoms with E-state index in [1.54, 1.807) is 6.07 Å². The van der Waals surface area contributed by atoms with E-state index < -0.39 is 0 Å². The van der Waals surface area contributed by atoms with Crippen LogP contribution < -0.4 is 5.32 Å². The zero-order valence-corrected chi connectivity index (χ0v) is 14.2. The monoisotopic (exact) mass is 328 g/mol. The van der Waals surface area contributed by atoms with E-state index in [0.717, 1.165) is 19.5 Å². The molecule has 0 bridgehead atoms. The van der Waals surface area contributed by atoms with Gasteiger partial charge in [0.25, 0.3) is 5.91 Å². The fourth-order valence-electron chi connectivity index (χ4n) is 3.20. The van der Waals surface area contributed by atoms with E-state index in [2.05, 4.69) is 39.6 Å². The molecule has 0 spiro atoms. The van der Waals surface area contributed by atoms with Crippen molar-refractivity contribution in [2.24, 2.45) is 5.92 Å². The Morgan fingerprint density at radius 1 is 1.38 bits per heavy atom. The maximum atomic E-state index is 12.6. The molecule has 1 aromatic carbocycles. The van der Waals surface area contributed by atoms with Crippen molar-refractivity contribution in [1.82, 2.24) is 30.4 Å². The highest BCUT2D eigenvalue weighted by Crippen LogP contribution is 2.18. The summed E-state index contributed by atoms with van der Waals surface area (Å²) in [6, 6.07) is 7.92. The summed E-state index contributed by atoms with van der Waals surface area (Å²) in [4.78, 5) is 15.1. The molecule has 128 valence electrons. The number of rotatable bonds is 5. The summed E-state index contributed by atoms with van der Waals surface area (Å²) in [5, 5.41) is 14.2. The molecule has 7 heteroatoms. The average molecular weight is 328 g/mol. The Kier molecular flexibility index (Phi) is 5.20. The van der Waals surface area contributed by atoms with Gasteiger partial charge in [0.05, 0.1) is 11.3 Å². The van der Waals surface area contributed by atoms with Crippen LogP contribution in [0.3, 0.4) is 0 Å². The molecule has 1 atom stereocenters. The molecular formula is C17H24N6O. The van der Waals surface area contributed by atoms with Gasteiger partial charge in [0.2, 0.25) is 0 Å². The molecule has 0 aliphatic carbocycles. The van der Waals surface area contributed by atoms with Gasteiger partial charge in [-0.2, -0.15) is 4.68 Å². The standard InChI is InChI=1S/C17H24N6O/c1-13(2)22-9-5-6-14(11-22)10-18-17(24)15-7-3-4-8-16(15)23-12-19-20-21-23/h3-4,7-8,12-14H,5-6,9-11H2,1-2H3,(H,18,24)/t14-/m1/s1. The zero-order valence-electron chi connectivity index (χ0n) is 14.2. The summed E-state index contributed by atoms with van der Waals surface area (Å²) in [6.07, 6.45) is 3.85. The lowest BCUT2D eigenvalue weighted by atomic mass is 9.97. The number of para-hydroxylation sites is 1. The molecule has 1 fully saturated rings. The minimum atomic E-state index is -0.0808. The van der Waals surface area contributed by atoms with Gasteiger partial charge in [-0.15, -0.1) is 5.10 Å². The van der Waals surface area contributed by atoms with Crippen LogP contribution in [-0.2, 0) is 0 Å². The Hall–Kier alpha value is -2.28. The number of carbonyl (C=O) groups excluding carboxylic acids is 1. The lowest BCUT2D eigenvalue weighted by Gasteiger charge is -2.35. The number of hydrogen-bond acceptors (Lipinski definition) is 5. The van der Waals surface area contributed by atoms with Crippen molar-refractivity contribution >= 4 is 5.91 Å². The van der Waals surface area contributed by atoms with Crippen LogP contribution in [0.25, 0.3) is 5.69 Å². The maximum absolute atomic E-state index is 12.6. The largest absolute Gasteiger partial charge is 0.352 e. The summed E-state index contributed by atoms with van der Waals surface area (Å²) in [5.41, 5.74) is 1.27. The predicted molar refractivity (Wildman–Crippen MR) is 90.9 cm³/mol. The zero-order chi connectivity index (χ0) is 16.9. The third-order valence-electron chi connectivity index (χ3n) is 4.58. The smallest absolute Gasteiger partial charge is 0.253 e. The van der Waals surface area contributed by atoms with Crippen LogP contribution in [-0.4, -0.2) is 56.7 Å². The van der Waals surface area contributed by atoms with E-state index in [9.17, 15) is 4.79 Å². The molecule has 3 rings (SSSR count). The number of likely N-dealkylation sites (tertiary alicyclic amines) is 1. The van der Waals surface area contributed by atoms with E-state index in [4.69, 9.17) is 0 Å². The molecule has 1 amide bonds. The Morgan fingerprint density at radius 3 is 2.96 bits per heavy atom. The topological polar surface area (TPSA) is 75.9 Å². The highest BCUT2D eigenvalue weighted by molar-refractivity contribution is 5.97. The molecule has 2 aromatic rings. The van der Waals surface area contributed by atoms with Crippen LogP contribution in [0.5, 0.6) is 0 Å². The lowest BCUT2D eigenvalue weighted by molar-refractivity contribution is 0.0922. The highest BCUT2D eigenvalue weighted by atomic mass is 16.1. The maximum Gasteiger partial charge on any atom is 0.253 e. The first-order valence-corrected chi connectivity index (χ1v) is 8.50. The number of carbonyl (C=O) groups is 1. The molecule has 24 heavy (non-hydrogen) atoms. The molecule has 1 aliphatic rings. The summed E-state index contributed by atoms with van der Waals surface area (Å²) in [6.45, 7) is 7.36. The van der Waals surface area contributed by atoms with Gasteiger partial charge in [-0.3, -0.25) is 4.79 Å². The fourth-order valence-corrected chi connectivity index (χ4v) is 3.20. The Labute approximate surface area is 142 Å². The van der Waals surface area contributed by atoms with Crippen LogP contribution in [0.4, 0.5) is 0 Å². The number of tetrazole rings is 1. The lowest BCUT2D eigenvalue weighted by Crippen LogP contribution is -2.43. The van der Waals surface area contributed by atoms with E-state index in [-0.39, 0.29) is 5.91 Å². The number of nitrogens with one attached hydrogen (secondary N) is 1. The summed E-state index contributed by atoms with van der Waals surface area (Å²) < 4.78 is 1.51. The van der Waals surface area contributed by atoms with Crippen LogP contribution in [0.15, 0.2) is 30.6 Å². The first kappa shape index (κ1) is 16.6. The SMILES string of the molecule is CC(C)N1CCC[C@H](CNC(=O)c2ccccc2-n2cnnn2)C1. The second kappa shape index (κ2) is 7.53. The molecule has 1 N–H and O–H groups in total. The van der Waals surface area contributed by atoms with Crippen LogP contribution in [0, 0.1) is 5.92 Å². The normalized spacial score (nSPS) is 18.7. The number of hydrogen-bond donors (Lipinski definition) is 1. The number of aromatic nitrogens is 4. The van der Waals surface area contributed by atoms with Gasteiger partial charge in [-0.1, -0.05) is 12.1 Å². The molecule has 0 saturated carbocycles. The molecule has 0 unspecified atom stereocenters. The van der Waals surface area contributed by atoms with E-state index >= 15 is 0 Å². The minimum absolute atomic E-state index is 0.0808. The number of piperidine rings is 1. The summed E-state index contributed by atoms with van der Waals surface area (Å²) >= 11 is 0. The molecule has 0 radical (unpaired) electrons. The molecule has 1 aromatic heterocycles. The van der Waals surface area contributed by atoms with Crippen molar-refractivity contribution in [1.29, 1.82) is 0 Å². The van der Waals surface area contributed by atoms with Gasteiger partial charge in [-0.05, 0) is 61.7 Å². The molecular weight excluding hydrogens is 304 g/mol. The fraction of sp³-hybridized carbons (Fsp3) is 0.529. The second-order valence-electron chi connectivity index (χ2n) is 6.58. The van der Waals surface area contributed by atoms with Crippen molar-refractivity contribution in [2.45, 2.75) is 32.7 Å². The van der Waals surface area contributed by atoms with Crippen LogP contribution >= 0.6 is 0 Å². The van der Waals surface area contributed by atoms with E-state index in [1.165, 1.54) is 17.4 Å². The minimum Gasteiger partial charge on any atom is -0.352 e. The third-order valence-corrected chi connectivity index (χ3v) is 4.58. The summed E-state index contributed by atoms with van der Waals surface area (Å²) in [7, 11) is 0. The highest BCUT2D eigenvalue weighted by Gasteiger charge is 2.22. The summed E-state index contributed by atoms with van der Waals surface area (Å²) in [5.74, 6) is 0.424. The first-order chi connectivity index (χ1) is 11.6. The average Bonchev–Trinajstić information content (AvgIpc) is 3.14. The number of benzene rings is 1. The van der Waals surface area contributed by atoms with Gasteiger partial charge in [-0.25, -0.2) is 0 Å². The Bertz CT molecular complexity index is 669. The van der Waals surface area contributed by atoms with Crippen molar-refractivity contribution in [3.05, 3.63) is 36.2 Å². The van der Waals surface area contributed by atoms with Crippen molar-refractivity contribution in [2.75, 3.05) is 19.6 Å². The van der Waals surface area contributed by atoms with Crippen molar-refractivity contribution in [3.8, 4) is 5.69 Å². The van der Waals surface area contributed by atoms with Crippen LogP contribution in [0.1, 0.15) is 37.0 Å². The number of amides is 1. The Morgan fingerprint density at radius 2 is 2.21 bits per heavy atom. The van der Waals surface area contributed by atoms with Crippen molar-refractivity contribution < 1.29 is 4.79 Å². The first-order valence-electron chi connectivity index (χ1n) is 8.50. The molecule has 7 nitrogen and oxygen atoms in total. The molecule has 1 aliphatic heterocycles. The molecule has 2 heterocycles. The van der Waals surface area contributed by atoms with Gasteiger partial charge in [0, 0.05) is 19.1 Å².